The summed E-state index contributed by atoms with van der Waals surface area (Å²) in [6.07, 6.45) is -0.760. The van der Waals surface area contributed by atoms with Crippen molar-refractivity contribution in [2.45, 2.75) is 6.42 Å². The molecule has 33 heavy (non-hydrogen) atoms. The molecule has 2 heterocycles. The van der Waals surface area contributed by atoms with Crippen LogP contribution in [0, 0.1) is 11.6 Å². The third-order valence-electron chi connectivity index (χ3n) is 5.20. The smallest absolute Gasteiger partial charge is 0.376 e. The molecule has 0 radical (unpaired) electrons. The molecule has 0 aliphatic rings. The zero-order valence-corrected chi connectivity index (χ0v) is 16.9. The number of nitrogens with zero attached hydrogens (tertiary/aromatic N) is 2. The van der Waals surface area contributed by atoms with Crippen molar-refractivity contribution in [3.63, 3.8) is 0 Å². The molecule has 0 saturated carbocycles. The van der Waals surface area contributed by atoms with Crippen molar-refractivity contribution >= 4 is 27.9 Å². The van der Waals surface area contributed by atoms with Gasteiger partial charge in [-0.15, -0.1) is 0 Å². The number of ether oxygens (including phenoxy) is 1. The van der Waals surface area contributed by atoms with Gasteiger partial charge < -0.3 is 15.5 Å². The number of carbonyl (C=O) groups excluding carboxylic acids is 1. The molecule has 0 aliphatic heterocycles. The van der Waals surface area contributed by atoms with Crippen molar-refractivity contribution in [1.29, 1.82) is 0 Å². The highest BCUT2D eigenvalue weighted by atomic mass is 19.1. The van der Waals surface area contributed by atoms with E-state index in [4.69, 9.17) is 10.5 Å². The van der Waals surface area contributed by atoms with Gasteiger partial charge in [0.15, 0.2) is 0 Å². The second kappa shape index (κ2) is 7.83. The molecule has 4 N–H and O–H groups in total. The molecule has 0 spiro atoms. The van der Waals surface area contributed by atoms with E-state index in [0.717, 1.165) is 0 Å². The van der Waals surface area contributed by atoms with E-state index in [1.165, 1.54) is 24.3 Å². The second-order valence-corrected chi connectivity index (χ2v) is 7.38. The average Bonchev–Trinajstić information content (AvgIpc) is 3.17. The zero-order valence-electron chi connectivity index (χ0n) is 16.9. The third-order valence-corrected chi connectivity index (χ3v) is 5.20. The van der Waals surface area contributed by atoms with Gasteiger partial charge in [-0.3, -0.25) is 4.79 Å². The Morgan fingerprint density at radius 1 is 1.03 bits per heavy atom. The highest BCUT2D eigenvalue weighted by molar-refractivity contribution is 5.85. The number of aromatic amines is 2. The summed E-state index contributed by atoms with van der Waals surface area (Å²) in [4.78, 5) is 29.8. The van der Waals surface area contributed by atoms with Gasteiger partial charge in [0.1, 0.15) is 11.6 Å². The van der Waals surface area contributed by atoms with Crippen LogP contribution in [-0.4, -0.2) is 26.3 Å². The first-order valence-electron chi connectivity index (χ1n) is 9.80. The Balaban J connectivity index is 1.53. The maximum atomic E-state index is 14.7. The number of nitrogens with two attached hydrogens (primary N) is 1. The molecule has 0 saturated heterocycles. The SMILES string of the molecule is NC(=O)Oc1nc2ccc(-c3cc(Cc4n[nH]c(=O)c5ccc(F)cc45)ccc3F)cc2[nH]1. The molecule has 0 aliphatic carbocycles. The lowest BCUT2D eigenvalue weighted by Gasteiger charge is -2.09. The van der Waals surface area contributed by atoms with Crippen LogP contribution >= 0.6 is 0 Å². The van der Waals surface area contributed by atoms with Gasteiger partial charge in [-0.1, -0.05) is 12.1 Å². The Bertz CT molecular complexity index is 1610. The van der Waals surface area contributed by atoms with Crippen molar-refractivity contribution < 1.29 is 18.3 Å². The van der Waals surface area contributed by atoms with Gasteiger partial charge >= 0.3 is 12.1 Å². The van der Waals surface area contributed by atoms with Crippen molar-refractivity contribution in [3.8, 4) is 17.1 Å². The van der Waals surface area contributed by atoms with E-state index in [-0.39, 0.29) is 12.4 Å². The van der Waals surface area contributed by atoms with Crippen molar-refractivity contribution in [2.75, 3.05) is 0 Å². The molecule has 0 bridgehead atoms. The number of hydrogen-bond donors (Lipinski definition) is 3. The number of rotatable bonds is 4. The van der Waals surface area contributed by atoms with E-state index in [9.17, 15) is 18.4 Å². The number of halogens is 2. The van der Waals surface area contributed by atoms with Gasteiger partial charge in [0.25, 0.3) is 5.56 Å². The summed E-state index contributed by atoms with van der Waals surface area (Å²) < 4.78 is 33.2. The fourth-order valence-corrected chi connectivity index (χ4v) is 3.72. The minimum atomic E-state index is -1.00. The number of amides is 1. The minimum absolute atomic E-state index is 0.0628. The summed E-state index contributed by atoms with van der Waals surface area (Å²) in [5.41, 5.74) is 7.67. The highest BCUT2D eigenvalue weighted by Crippen LogP contribution is 2.29. The number of primary amides is 1. The number of carbonyl (C=O) groups is 1. The lowest BCUT2D eigenvalue weighted by Crippen LogP contribution is -2.16. The maximum Gasteiger partial charge on any atom is 0.412 e. The predicted molar refractivity (Wildman–Crippen MR) is 117 cm³/mol. The topological polar surface area (TPSA) is 127 Å². The average molecular weight is 447 g/mol. The van der Waals surface area contributed by atoms with Crippen LogP contribution in [0.1, 0.15) is 11.3 Å². The van der Waals surface area contributed by atoms with E-state index in [0.29, 0.717) is 44.2 Å². The number of H-pyrrole nitrogens is 2. The lowest BCUT2D eigenvalue weighted by molar-refractivity contribution is 0.207. The number of nitrogens with one attached hydrogen (secondary N) is 2. The minimum Gasteiger partial charge on any atom is -0.376 e. The highest BCUT2D eigenvalue weighted by Gasteiger charge is 2.13. The molecule has 10 heteroatoms. The normalized spacial score (nSPS) is 11.2. The Hall–Kier alpha value is -4.60. The lowest BCUT2D eigenvalue weighted by atomic mass is 9.98. The summed E-state index contributed by atoms with van der Waals surface area (Å²) in [6, 6.07) is 13.4. The maximum absolute atomic E-state index is 14.7. The van der Waals surface area contributed by atoms with Crippen LogP contribution in [0.15, 0.2) is 59.4 Å². The van der Waals surface area contributed by atoms with Gasteiger partial charge in [0.05, 0.1) is 22.1 Å². The van der Waals surface area contributed by atoms with Crippen LogP contribution in [0.25, 0.3) is 32.9 Å². The Labute approximate surface area is 184 Å². The summed E-state index contributed by atoms with van der Waals surface area (Å²) in [6.45, 7) is 0. The molecular weight excluding hydrogens is 432 g/mol. The molecule has 0 unspecified atom stereocenters. The molecule has 3 aromatic carbocycles. The van der Waals surface area contributed by atoms with E-state index < -0.39 is 23.3 Å². The van der Waals surface area contributed by atoms with Crippen LogP contribution in [-0.2, 0) is 6.42 Å². The molecule has 1 amide bonds. The molecule has 0 atom stereocenters. The fraction of sp³-hybridized carbons (Fsp3) is 0.0435. The predicted octanol–water partition coefficient (Wildman–Crippen LogP) is 3.79. The third kappa shape index (κ3) is 3.89. The molecule has 8 nitrogen and oxygen atoms in total. The Kier molecular flexibility index (Phi) is 4.82. The van der Waals surface area contributed by atoms with Gasteiger partial charge in [-0.05, 0) is 53.6 Å². The second-order valence-electron chi connectivity index (χ2n) is 7.38. The summed E-state index contributed by atoms with van der Waals surface area (Å²) >= 11 is 0. The number of imidazole rings is 1. The number of fused-ring (bicyclic) bond motifs is 2. The summed E-state index contributed by atoms with van der Waals surface area (Å²) in [5.74, 6) is -0.931. The van der Waals surface area contributed by atoms with Crippen molar-refractivity contribution in [2.24, 2.45) is 5.73 Å². The Morgan fingerprint density at radius 2 is 1.88 bits per heavy atom. The van der Waals surface area contributed by atoms with Gasteiger partial charge in [-0.25, -0.2) is 18.7 Å². The van der Waals surface area contributed by atoms with Crippen LogP contribution in [0.5, 0.6) is 6.01 Å². The van der Waals surface area contributed by atoms with E-state index in [2.05, 4.69) is 20.2 Å². The van der Waals surface area contributed by atoms with E-state index >= 15 is 0 Å². The van der Waals surface area contributed by atoms with Gasteiger partial charge in [-0.2, -0.15) is 10.1 Å². The molecular formula is C23H15F2N5O3. The summed E-state index contributed by atoms with van der Waals surface area (Å²) in [7, 11) is 0. The van der Waals surface area contributed by atoms with Crippen LogP contribution < -0.4 is 16.0 Å². The first kappa shape index (κ1) is 20.3. The largest absolute Gasteiger partial charge is 0.412 e. The monoisotopic (exact) mass is 447 g/mol. The van der Waals surface area contributed by atoms with Crippen molar-refractivity contribution in [1.82, 2.24) is 20.2 Å². The fourth-order valence-electron chi connectivity index (χ4n) is 3.72. The van der Waals surface area contributed by atoms with E-state index in [1.807, 2.05) is 0 Å². The van der Waals surface area contributed by atoms with Crippen LogP contribution in [0.4, 0.5) is 13.6 Å². The van der Waals surface area contributed by atoms with Crippen LogP contribution in [0.3, 0.4) is 0 Å². The molecule has 164 valence electrons. The standard InChI is InChI=1S/C23H15F2N5O3/c24-13-3-4-14-16(10-13)19(29-30-21(14)31)8-11-1-5-17(25)15(7-11)12-2-6-18-20(9-12)28-23(27-18)33-22(26)32/h1-7,9-10H,8H2,(H2,26,32)(H,27,28)(H,30,31). The number of aromatic nitrogens is 4. The first-order chi connectivity index (χ1) is 15.9. The van der Waals surface area contributed by atoms with Gasteiger partial charge in [0.2, 0.25) is 0 Å². The van der Waals surface area contributed by atoms with E-state index in [1.54, 1.807) is 30.3 Å². The molecule has 2 aromatic heterocycles. The first-order valence-corrected chi connectivity index (χ1v) is 9.80. The van der Waals surface area contributed by atoms with Gasteiger partial charge in [0, 0.05) is 17.4 Å². The van der Waals surface area contributed by atoms with Crippen LogP contribution in [0.2, 0.25) is 0 Å². The number of benzene rings is 3. The molecule has 5 aromatic rings. The van der Waals surface area contributed by atoms with Crippen molar-refractivity contribution in [3.05, 3.63) is 87.8 Å². The Morgan fingerprint density at radius 3 is 2.70 bits per heavy atom. The molecule has 0 fully saturated rings. The number of hydrogen-bond acceptors (Lipinski definition) is 5. The molecule has 5 rings (SSSR count). The zero-order chi connectivity index (χ0) is 23.1. The summed E-state index contributed by atoms with van der Waals surface area (Å²) in [5, 5.41) is 7.21. The quantitative estimate of drug-likeness (QED) is 0.386.